The Bertz CT molecular complexity index is 1590. The Kier molecular flexibility index (Phi) is 8.63. The first-order valence-corrected chi connectivity index (χ1v) is 13.6. The van der Waals surface area contributed by atoms with E-state index in [1.54, 1.807) is 36.4 Å². The van der Waals surface area contributed by atoms with Gasteiger partial charge in [-0.15, -0.1) is 0 Å². The maximum absolute atomic E-state index is 13.4. The van der Waals surface area contributed by atoms with Gasteiger partial charge in [-0.05, 0) is 79.2 Å². The Labute approximate surface area is 225 Å². The lowest BCUT2D eigenvalue weighted by atomic mass is 10.2. The number of nitriles is 1. The van der Waals surface area contributed by atoms with Gasteiger partial charge in [0, 0.05) is 23.5 Å². The molecule has 0 saturated heterocycles. The minimum atomic E-state index is -3.94. The Morgan fingerprint density at radius 3 is 2.15 bits per heavy atom. The summed E-state index contributed by atoms with van der Waals surface area (Å²) in [7, 11) is -3.94. The lowest BCUT2D eigenvalue weighted by Gasteiger charge is -2.13. The molecule has 7 nitrogen and oxygen atoms in total. The van der Waals surface area contributed by atoms with E-state index in [1.165, 1.54) is 36.4 Å². The van der Waals surface area contributed by atoms with Gasteiger partial charge in [0.15, 0.2) is 11.6 Å². The van der Waals surface area contributed by atoms with E-state index in [0.717, 1.165) is 25.0 Å². The first-order chi connectivity index (χ1) is 18.8. The van der Waals surface area contributed by atoms with Crippen molar-refractivity contribution in [1.82, 2.24) is 0 Å². The molecule has 0 atom stereocenters. The number of halogens is 2. The van der Waals surface area contributed by atoms with E-state index in [0.29, 0.717) is 35.2 Å². The smallest absolute Gasteiger partial charge is 0.261 e. The van der Waals surface area contributed by atoms with Crippen LogP contribution in [0.2, 0.25) is 0 Å². The van der Waals surface area contributed by atoms with Gasteiger partial charge in [0.05, 0.1) is 22.8 Å². The van der Waals surface area contributed by atoms with Crippen LogP contribution in [0.3, 0.4) is 0 Å². The van der Waals surface area contributed by atoms with Crippen LogP contribution in [-0.2, 0) is 10.0 Å². The van der Waals surface area contributed by atoms with Gasteiger partial charge in [-0.3, -0.25) is 4.72 Å². The van der Waals surface area contributed by atoms with Gasteiger partial charge in [-0.2, -0.15) is 5.26 Å². The molecule has 0 spiro atoms. The monoisotopic (exact) mass is 549 g/mol. The number of anilines is 3. The van der Waals surface area contributed by atoms with Crippen LogP contribution in [0, 0.1) is 23.0 Å². The van der Waals surface area contributed by atoms with Gasteiger partial charge in [-0.1, -0.05) is 13.3 Å². The van der Waals surface area contributed by atoms with Crippen molar-refractivity contribution in [3.63, 3.8) is 0 Å². The van der Waals surface area contributed by atoms with E-state index < -0.39 is 21.7 Å². The molecule has 0 aliphatic carbocycles. The Balaban J connectivity index is 1.42. The van der Waals surface area contributed by atoms with E-state index in [2.05, 4.69) is 17.0 Å². The topological polar surface area (TPSA) is 100 Å². The number of ether oxygens (including phenoxy) is 2. The maximum Gasteiger partial charge on any atom is 0.261 e. The van der Waals surface area contributed by atoms with Gasteiger partial charge in [-0.25, -0.2) is 17.2 Å². The molecule has 0 saturated carbocycles. The van der Waals surface area contributed by atoms with Gasteiger partial charge in [0.2, 0.25) is 0 Å². The average Bonchev–Trinajstić information content (AvgIpc) is 2.93. The van der Waals surface area contributed by atoms with E-state index in [4.69, 9.17) is 9.47 Å². The van der Waals surface area contributed by atoms with E-state index in [9.17, 15) is 22.5 Å². The lowest BCUT2D eigenvalue weighted by Crippen LogP contribution is -2.14. The van der Waals surface area contributed by atoms with Crippen molar-refractivity contribution in [2.24, 2.45) is 0 Å². The predicted molar refractivity (Wildman–Crippen MR) is 145 cm³/mol. The van der Waals surface area contributed by atoms with Crippen molar-refractivity contribution in [3.8, 4) is 23.3 Å². The number of rotatable bonds is 11. The Morgan fingerprint density at radius 1 is 0.821 bits per heavy atom. The summed E-state index contributed by atoms with van der Waals surface area (Å²) in [5.41, 5.74) is 1.19. The number of hydrogen-bond donors (Lipinski definition) is 2. The minimum Gasteiger partial charge on any atom is -0.494 e. The summed E-state index contributed by atoms with van der Waals surface area (Å²) in [6, 6.07) is 22.6. The summed E-state index contributed by atoms with van der Waals surface area (Å²) in [5.74, 6) is -0.533. The van der Waals surface area contributed by atoms with E-state index >= 15 is 0 Å². The summed E-state index contributed by atoms with van der Waals surface area (Å²) >= 11 is 0. The number of benzene rings is 4. The molecule has 0 aliphatic rings. The Morgan fingerprint density at radius 2 is 1.49 bits per heavy atom. The van der Waals surface area contributed by atoms with Crippen molar-refractivity contribution >= 4 is 27.1 Å². The molecular formula is C29H25F2N3O4S. The second-order valence-electron chi connectivity index (χ2n) is 8.48. The zero-order valence-electron chi connectivity index (χ0n) is 20.9. The van der Waals surface area contributed by atoms with Crippen molar-refractivity contribution in [1.29, 1.82) is 5.26 Å². The standard InChI is InChI=1S/C29H25F2N3O4S/c1-2-3-16-37-23-9-12-26(13-10-23)39(35,36)34-29-15-11-25(17-20(29)19-32)38-24-7-4-21(5-8-24)33-22-6-14-27(30)28(31)18-22/h4-15,17-18,33-34H,2-3,16H2,1H3. The van der Waals surface area contributed by atoms with Crippen molar-refractivity contribution in [3.05, 3.63) is 102 Å². The fourth-order valence-electron chi connectivity index (χ4n) is 3.50. The maximum atomic E-state index is 13.4. The molecule has 39 heavy (non-hydrogen) atoms. The predicted octanol–water partition coefficient (Wildman–Crippen LogP) is 7.35. The molecule has 0 unspecified atom stereocenters. The third kappa shape index (κ3) is 7.24. The molecule has 4 rings (SSSR count). The molecular weight excluding hydrogens is 524 g/mol. The third-order valence-electron chi connectivity index (χ3n) is 5.55. The quantitative estimate of drug-likeness (QED) is 0.190. The highest BCUT2D eigenvalue weighted by atomic mass is 32.2. The zero-order chi connectivity index (χ0) is 27.8. The average molecular weight is 550 g/mol. The lowest BCUT2D eigenvalue weighted by molar-refractivity contribution is 0.309. The molecule has 4 aromatic carbocycles. The first-order valence-electron chi connectivity index (χ1n) is 12.1. The second-order valence-corrected chi connectivity index (χ2v) is 10.2. The first kappa shape index (κ1) is 27.4. The summed E-state index contributed by atoms with van der Waals surface area (Å²) in [6.45, 7) is 2.61. The summed E-state index contributed by atoms with van der Waals surface area (Å²) in [5, 5.41) is 12.6. The molecule has 0 radical (unpaired) electrons. The molecule has 2 N–H and O–H groups in total. The number of nitrogens with zero attached hydrogens (tertiary/aromatic N) is 1. The van der Waals surface area contributed by atoms with Gasteiger partial charge in [0.25, 0.3) is 10.0 Å². The highest BCUT2D eigenvalue weighted by molar-refractivity contribution is 7.92. The molecule has 200 valence electrons. The fourth-order valence-corrected chi connectivity index (χ4v) is 4.58. The number of sulfonamides is 1. The molecule has 0 amide bonds. The molecule has 0 fully saturated rings. The zero-order valence-corrected chi connectivity index (χ0v) is 21.8. The van der Waals surface area contributed by atoms with E-state index in [-0.39, 0.29) is 16.1 Å². The van der Waals surface area contributed by atoms with Crippen LogP contribution in [0.4, 0.5) is 25.8 Å². The van der Waals surface area contributed by atoms with Crippen molar-refractivity contribution in [2.75, 3.05) is 16.6 Å². The molecule has 0 bridgehead atoms. The van der Waals surface area contributed by atoms with Crippen molar-refractivity contribution < 1.29 is 26.7 Å². The molecule has 0 aromatic heterocycles. The number of nitrogens with one attached hydrogen (secondary N) is 2. The van der Waals surface area contributed by atoms with E-state index in [1.807, 2.05) is 6.07 Å². The van der Waals surface area contributed by atoms with Crippen LogP contribution in [0.1, 0.15) is 25.3 Å². The number of hydrogen-bond acceptors (Lipinski definition) is 6. The van der Waals surface area contributed by atoms with Crippen molar-refractivity contribution in [2.45, 2.75) is 24.7 Å². The van der Waals surface area contributed by atoms with Crippen LogP contribution >= 0.6 is 0 Å². The molecule has 0 heterocycles. The van der Waals surface area contributed by atoms with Gasteiger partial charge in [0.1, 0.15) is 23.3 Å². The fraction of sp³-hybridized carbons (Fsp3) is 0.138. The van der Waals surface area contributed by atoms with Crippen LogP contribution in [0.5, 0.6) is 17.2 Å². The normalized spacial score (nSPS) is 10.9. The minimum absolute atomic E-state index is 0.0339. The summed E-state index contributed by atoms with van der Waals surface area (Å²) in [6.07, 6.45) is 1.90. The number of unbranched alkanes of at least 4 members (excludes halogenated alkanes) is 1. The van der Waals surface area contributed by atoms with Crippen LogP contribution in [-0.4, -0.2) is 15.0 Å². The molecule has 10 heteroatoms. The highest BCUT2D eigenvalue weighted by Crippen LogP contribution is 2.29. The summed E-state index contributed by atoms with van der Waals surface area (Å²) < 4.78 is 66.1. The van der Waals surface area contributed by atoms with Crippen LogP contribution < -0.4 is 19.5 Å². The summed E-state index contributed by atoms with van der Waals surface area (Å²) in [4.78, 5) is 0.0339. The highest BCUT2D eigenvalue weighted by Gasteiger charge is 2.17. The Hall–Kier alpha value is -4.62. The van der Waals surface area contributed by atoms with Gasteiger partial charge >= 0.3 is 0 Å². The molecule has 4 aromatic rings. The van der Waals surface area contributed by atoms with Crippen LogP contribution in [0.15, 0.2) is 89.8 Å². The third-order valence-corrected chi connectivity index (χ3v) is 6.94. The van der Waals surface area contributed by atoms with Gasteiger partial charge < -0.3 is 14.8 Å². The SMILES string of the molecule is CCCCOc1ccc(S(=O)(=O)Nc2ccc(Oc3ccc(Nc4ccc(F)c(F)c4)cc3)cc2C#N)cc1. The molecule has 0 aliphatic heterocycles. The largest absolute Gasteiger partial charge is 0.494 e. The van der Waals surface area contributed by atoms with Crippen LogP contribution in [0.25, 0.3) is 0 Å². The second kappa shape index (κ2) is 12.3.